The molecule has 0 aliphatic rings. The quantitative estimate of drug-likeness (QED) is 0.264. The number of methoxy groups -OCH3 is 2. The fraction of sp³-hybridized carbons (Fsp3) is 0.143. The maximum absolute atomic E-state index is 11.5. The minimum Gasteiger partial charge on any atom is -0.482 e. The molecule has 0 amide bonds. The molecule has 35 heavy (non-hydrogen) atoms. The summed E-state index contributed by atoms with van der Waals surface area (Å²) < 4.78 is 22.8. The van der Waals surface area contributed by atoms with Gasteiger partial charge in [-0.2, -0.15) is 0 Å². The van der Waals surface area contributed by atoms with E-state index in [-0.39, 0.29) is 13.2 Å². The first-order chi connectivity index (χ1) is 17.1. The molecule has 176 valence electrons. The Morgan fingerprint density at radius 2 is 1.37 bits per heavy atom. The van der Waals surface area contributed by atoms with Gasteiger partial charge in [-0.25, -0.2) is 9.59 Å². The molecule has 5 rings (SSSR count). The Morgan fingerprint density at radius 3 is 2.09 bits per heavy atom. The number of hydrogen-bond acceptors (Lipinski definition) is 7. The predicted octanol–water partition coefficient (Wildman–Crippen LogP) is 5.98. The molecule has 0 bridgehead atoms. The Morgan fingerprint density at radius 1 is 0.714 bits per heavy atom. The van der Waals surface area contributed by atoms with Gasteiger partial charge in [-0.05, 0) is 58.3 Å². The van der Waals surface area contributed by atoms with Crippen LogP contribution in [0.2, 0.25) is 0 Å². The molecule has 5 aromatic rings. The average molecular weight is 487 g/mol. The third-order valence-corrected chi connectivity index (χ3v) is 6.88. The van der Waals surface area contributed by atoms with E-state index in [4.69, 9.17) is 9.47 Å². The Kier molecular flexibility index (Phi) is 6.25. The molecule has 0 aliphatic heterocycles. The van der Waals surface area contributed by atoms with E-state index in [2.05, 4.69) is 33.7 Å². The zero-order valence-electron chi connectivity index (χ0n) is 19.2. The van der Waals surface area contributed by atoms with Crippen LogP contribution in [0.4, 0.5) is 0 Å². The molecular weight excluding hydrogens is 464 g/mol. The Labute approximate surface area is 205 Å². The summed E-state index contributed by atoms with van der Waals surface area (Å²) in [6.07, 6.45) is 0. The second-order valence-corrected chi connectivity index (χ2v) is 8.94. The normalized spacial score (nSPS) is 11.0. The minimum absolute atomic E-state index is 0.141. The molecule has 0 saturated heterocycles. The SMILES string of the molecule is COC(=O)COc1ccc(-c2c3ccc(OCC(=O)OC)cc3cc3sc4ccccc4c23)cc1. The predicted molar refractivity (Wildman–Crippen MR) is 137 cm³/mol. The number of rotatable bonds is 7. The molecule has 1 heterocycles. The first-order valence-electron chi connectivity index (χ1n) is 10.9. The van der Waals surface area contributed by atoms with Crippen molar-refractivity contribution in [2.24, 2.45) is 0 Å². The highest BCUT2D eigenvalue weighted by Crippen LogP contribution is 2.45. The smallest absolute Gasteiger partial charge is 0.343 e. The zero-order valence-corrected chi connectivity index (χ0v) is 20.0. The zero-order chi connectivity index (χ0) is 24.4. The largest absolute Gasteiger partial charge is 0.482 e. The molecule has 4 aromatic carbocycles. The van der Waals surface area contributed by atoms with Gasteiger partial charge in [0.2, 0.25) is 0 Å². The molecule has 0 saturated carbocycles. The van der Waals surface area contributed by atoms with Gasteiger partial charge in [-0.1, -0.05) is 36.4 Å². The van der Waals surface area contributed by atoms with Gasteiger partial charge in [-0.3, -0.25) is 0 Å². The Balaban J connectivity index is 1.64. The van der Waals surface area contributed by atoms with E-state index in [9.17, 15) is 9.59 Å². The number of ether oxygens (including phenoxy) is 4. The molecule has 0 aliphatic carbocycles. The van der Waals surface area contributed by atoms with Crippen molar-refractivity contribution in [3.05, 3.63) is 72.8 Å². The number of carbonyl (C=O) groups is 2. The van der Waals surface area contributed by atoms with Crippen LogP contribution in [0.5, 0.6) is 11.5 Å². The van der Waals surface area contributed by atoms with Gasteiger partial charge >= 0.3 is 11.9 Å². The topological polar surface area (TPSA) is 71.1 Å². The summed E-state index contributed by atoms with van der Waals surface area (Å²) in [6.45, 7) is -0.287. The first kappa shape index (κ1) is 22.7. The van der Waals surface area contributed by atoms with Crippen LogP contribution in [-0.4, -0.2) is 39.4 Å². The molecule has 0 radical (unpaired) electrons. The minimum atomic E-state index is -0.431. The van der Waals surface area contributed by atoms with Crippen molar-refractivity contribution in [1.82, 2.24) is 0 Å². The first-order valence-corrected chi connectivity index (χ1v) is 11.8. The van der Waals surface area contributed by atoms with Gasteiger partial charge in [0.1, 0.15) is 11.5 Å². The number of thiophene rings is 1. The molecule has 0 fully saturated rings. The molecule has 7 heteroatoms. The van der Waals surface area contributed by atoms with Crippen LogP contribution < -0.4 is 9.47 Å². The van der Waals surface area contributed by atoms with Gasteiger partial charge in [-0.15, -0.1) is 11.3 Å². The van der Waals surface area contributed by atoms with Crippen molar-refractivity contribution >= 4 is 54.2 Å². The van der Waals surface area contributed by atoms with Crippen LogP contribution in [0.3, 0.4) is 0 Å². The Bertz CT molecular complexity index is 1550. The number of carbonyl (C=O) groups excluding carboxylic acids is 2. The number of fused-ring (bicyclic) bond motifs is 4. The molecule has 0 spiro atoms. The van der Waals surface area contributed by atoms with Gasteiger partial charge in [0, 0.05) is 20.2 Å². The van der Waals surface area contributed by atoms with Crippen molar-refractivity contribution in [1.29, 1.82) is 0 Å². The lowest BCUT2D eigenvalue weighted by Crippen LogP contribution is -2.12. The van der Waals surface area contributed by atoms with Crippen molar-refractivity contribution in [2.45, 2.75) is 0 Å². The number of esters is 2. The molecule has 0 N–H and O–H groups in total. The standard InChI is InChI=1S/C28H22O6S/c1-31-25(29)15-33-19-9-7-17(8-10-19)27-21-12-11-20(34-16-26(30)32-2)13-18(21)14-24-28(27)22-5-3-4-6-23(22)35-24/h3-14H,15-16H2,1-2H3. The van der Waals surface area contributed by atoms with Gasteiger partial charge in [0.25, 0.3) is 0 Å². The molecule has 1 aromatic heterocycles. The number of benzene rings is 4. The van der Waals surface area contributed by atoms with Gasteiger partial charge in [0.05, 0.1) is 14.2 Å². The van der Waals surface area contributed by atoms with Crippen molar-refractivity contribution in [2.75, 3.05) is 27.4 Å². The average Bonchev–Trinajstić information content (AvgIpc) is 3.27. The van der Waals surface area contributed by atoms with E-state index in [1.54, 1.807) is 11.3 Å². The van der Waals surface area contributed by atoms with E-state index in [1.807, 2.05) is 48.5 Å². The van der Waals surface area contributed by atoms with Crippen molar-refractivity contribution in [3.63, 3.8) is 0 Å². The summed E-state index contributed by atoms with van der Waals surface area (Å²) in [6, 6.07) is 24.1. The van der Waals surface area contributed by atoms with Gasteiger partial charge in [0.15, 0.2) is 13.2 Å². The summed E-state index contributed by atoms with van der Waals surface area (Å²) in [5, 5.41) is 4.45. The maximum Gasteiger partial charge on any atom is 0.343 e. The molecule has 6 nitrogen and oxygen atoms in total. The Hall–Kier alpha value is -4.10. The molecule has 0 unspecified atom stereocenters. The lowest BCUT2D eigenvalue weighted by atomic mass is 9.93. The van der Waals surface area contributed by atoms with Crippen LogP contribution in [0.1, 0.15) is 0 Å². The van der Waals surface area contributed by atoms with Crippen molar-refractivity contribution < 1.29 is 28.5 Å². The fourth-order valence-corrected chi connectivity index (χ4v) is 5.26. The van der Waals surface area contributed by atoms with Crippen LogP contribution in [0.15, 0.2) is 72.8 Å². The van der Waals surface area contributed by atoms with Crippen LogP contribution in [0.25, 0.3) is 42.1 Å². The lowest BCUT2D eigenvalue weighted by molar-refractivity contribution is -0.143. The van der Waals surface area contributed by atoms with Crippen LogP contribution in [0, 0.1) is 0 Å². The van der Waals surface area contributed by atoms with Crippen molar-refractivity contribution in [3.8, 4) is 22.6 Å². The highest BCUT2D eigenvalue weighted by atomic mass is 32.1. The monoisotopic (exact) mass is 486 g/mol. The van der Waals surface area contributed by atoms with Crippen LogP contribution in [-0.2, 0) is 19.1 Å². The lowest BCUT2D eigenvalue weighted by Gasteiger charge is -2.13. The third-order valence-electron chi connectivity index (χ3n) is 5.76. The second-order valence-electron chi connectivity index (χ2n) is 7.86. The summed E-state index contributed by atoms with van der Waals surface area (Å²) in [4.78, 5) is 22.9. The second kappa shape index (κ2) is 9.64. The summed E-state index contributed by atoms with van der Waals surface area (Å²) in [5.41, 5.74) is 2.13. The van der Waals surface area contributed by atoms with Gasteiger partial charge < -0.3 is 18.9 Å². The van der Waals surface area contributed by atoms with E-state index in [1.165, 1.54) is 29.7 Å². The van der Waals surface area contributed by atoms with Crippen LogP contribution >= 0.6 is 11.3 Å². The summed E-state index contributed by atoms with van der Waals surface area (Å²) in [7, 11) is 2.67. The number of hydrogen-bond donors (Lipinski definition) is 0. The molecular formula is C28H22O6S. The summed E-state index contributed by atoms with van der Waals surface area (Å²) in [5.74, 6) is 0.324. The molecule has 0 atom stereocenters. The van der Waals surface area contributed by atoms with E-state index in [0.29, 0.717) is 11.5 Å². The van der Waals surface area contributed by atoms with E-state index in [0.717, 1.165) is 26.6 Å². The fourth-order valence-electron chi connectivity index (χ4n) is 4.10. The highest BCUT2D eigenvalue weighted by Gasteiger charge is 2.16. The maximum atomic E-state index is 11.5. The van der Waals surface area contributed by atoms with E-state index < -0.39 is 11.9 Å². The summed E-state index contributed by atoms with van der Waals surface area (Å²) >= 11 is 1.74. The highest BCUT2D eigenvalue weighted by molar-refractivity contribution is 7.26. The third kappa shape index (κ3) is 4.50. The van der Waals surface area contributed by atoms with E-state index >= 15 is 0 Å².